The van der Waals surface area contributed by atoms with E-state index < -0.39 is 0 Å². The lowest BCUT2D eigenvalue weighted by Crippen LogP contribution is -2.25. The predicted molar refractivity (Wildman–Crippen MR) is 110 cm³/mol. The summed E-state index contributed by atoms with van der Waals surface area (Å²) in [5.41, 5.74) is 2.22. The molecule has 1 amide bonds. The third-order valence-electron chi connectivity index (χ3n) is 4.71. The van der Waals surface area contributed by atoms with Gasteiger partial charge in [-0.3, -0.25) is 13.9 Å². The molecule has 1 aromatic heterocycles. The zero-order valence-electron chi connectivity index (χ0n) is 15.4. The van der Waals surface area contributed by atoms with Crippen molar-refractivity contribution in [2.24, 2.45) is 0 Å². The van der Waals surface area contributed by atoms with Crippen LogP contribution in [0.5, 0.6) is 11.5 Å². The summed E-state index contributed by atoms with van der Waals surface area (Å²) < 4.78 is 15.2. The number of aromatic nitrogens is 2. The number of amides is 1. The number of aryl methyl sites for hydroxylation is 2. The number of carbonyl (C=O) groups is 1. The lowest BCUT2D eigenvalue weighted by atomic mass is 10.2. The Hall–Kier alpha value is -2.74. The second-order valence-electron chi connectivity index (χ2n) is 6.44. The van der Waals surface area contributed by atoms with Crippen molar-refractivity contribution in [2.75, 3.05) is 18.5 Å². The van der Waals surface area contributed by atoms with Gasteiger partial charge in [0.15, 0.2) is 11.5 Å². The van der Waals surface area contributed by atoms with Gasteiger partial charge in [-0.05, 0) is 35.0 Å². The van der Waals surface area contributed by atoms with Crippen molar-refractivity contribution in [3.05, 3.63) is 51.4 Å². The van der Waals surface area contributed by atoms with E-state index in [9.17, 15) is 9.59 Å². The Kier molecular flexibility index (Phi) is 5.13. The highest BCUT2D eigenvalue weighted by atomic mass is 79.9. The number of ether oxygens (including phenoxy) is 2. The fraction of sp³-hybridized carbons (Fsp3) is 0.300. The van der Waals surface area contributed by atoms with Crippen LogP contribution in [0, 0.1) is 0 Å². The summed E-state index contributed by atoms with van der Waals surface area (Å²) in [6.07, 6.45) is 0.179. The number of fused-ring (bicyclic) bond motifs is 2. The maximum atomic E-state index is 12.7. The minimum Gasteiger partial charge on any atom is -0.486 e. The van der Waals surface area contributed by atoms with Gasteiger partial charge in [0.25, 0.3) is 0 Å². The predicted octanol–water partition coefficient (Wildman–Crippen LogP) is 3.39. The van der Waals surface area contributed by atoms with Crippen LogP contribution < -0.4 is 20.5 Å². The molecule has 0 aliphatic carbocycles. The van der Waals surface area contributed by atoms with Gasteiger partial charge < -0.3 is 14.8 Å². The van der Waals surface area contributed by atoms with Crippen molar-refractivity contribution < 1.29 is 14.3 Å². The number of anilines is 1. The lowest BCUT2D eigenvalue weighted by molar-refractivity contribution is -0.116. The van der Waals surface area contributed by atoms with Crippen molar-refractivity contribution in [1.29, 1.82) is 0 Å². The van der Waals surface area contributed by atoms with Crippen LogP contribution >= 0.6 is 15.9 Å². The molecule has 2 aromatic carbocycles. The van der Waals surface area contributed by atoms with Gasteiger partial charge in [-0.1, -0.05) is 12.1 Å². The van der Waals surface area contributed by atoms with E-state index in [2.05, 4.69) is 21.2 Å². The van der Waals surface area contributed by atoms with Gasteiger partial charge in [-0.15, -0.1) is 0 Å². The Balaban J connectivity index is 1.51. The fourth-order valence-corrected chi connectivity index (χ4v) is 3.80. The molecular weight excluding hydrogens is 426 g/mol. The van der Waals surface area contributed by atoms with E-state index in [1.807, 2.05) is 31.2 Å². The van der Waals surface area contributed by atoms with Crippen molar-refractivity contribution in [3.63, 3.8) is 0 Å². The molecule has 8 heteroatoms. The molecule has 0 radical (unpaired) electrons. The van der Waals surface area contributed by atoms with Gasteiger partial charge >= 0.3 is 5.69 Å². The first kappa shape index (κ1) is 18.6. The molecule has 0 fully saturated rings. The Bertz CT molecular complexity index is 1100. The maximum absolute atomic E-state index is 12.7. The average molecular weight is 446 g/mol. The first-order chi connectivity index (χ1) is 13.6. The Morgan fingerprint density at radius 2 is 1.75 bits per heavy atom. The number of nitrogens with zero attached hydrogens (tertiary/aromatic N) is 2. The van der Waals surface area contributed by atoms with Crippen LogP contribution in [0.1, 0.15) is 13.3 Å². The molecule has 0 spiro atoms. The highest BCUT2D eigenvalue weighted by Crippen LogP contribution is 2.38. The summed E-state index contributed by atoms with van der Waals surface area (Å²) in [5, 5.41) is 2.88. The van der Waals surface area contributed by atoms with Crippen molar-refractivity contribution in [3.8, 4) is 11.5 Å². The highest BCUT2D eigenvalue weighted by Gasteiger charge is 2.17. The molecule has 1 aliphatic rings. The zero-order valence-corrected chi connectivity index (χ0v) is 17.0. The van der Waals surface area contributed by atoms with Gasteiger partial charge in [0, 0.05) is 36.1 Å². The minimum absolute atomic E-state index is 0.1000. The van der Waals surface area contributed by atoms with Gasteiger partial charge in [0.1, 0.15) is 13.2 Å². The average Bonchev–Trinajstić information content (AvgIpc) is 2.97. The Morgan fingerprint density at radius 1 is 1.11 bits per heavy atom. The van der Waals surface area contributed by atoms with E-state index in [4.69, 9.17) is 9.47 Å². The summed E-state index contributed by atoms with van der Waals surface area (Å²) in [7, 11) is 0. The highest BCUT2D eigenvalue weighted by molar-refractivity contribution is 9.10. The van der Waals surface area contributed by atoms with Crippen LogP contribution in [0.15, 0.2) is 45.7 Å². The van der Waals surface area contributed by atoms with E-state index in [-0.39, 0.29) is 18.0 Å². The number of imidazole rings is 1. The molecule has 2 heterocycles. The van der Waals surface area contributed by atoms with E-state index in [1.54, 1.807) is 21.3 Å². The Morgan fingerprint density at radius 3 is 2.43 bits per heavy atom. The fourth-order valence-electron chi connectivity index (χ4n) is 3.38. The minimum atomic E-state index is -0.183. The summed E-state index contributed by atoms with van der Waals surface area (Å²) >= 11 is 3.45. The molecule has 1 N–H and O–H groups in total. The number of carbonyl (C=O) groups excluding carboxylic acids is 1. The van der Waals surface area contributed by atoms with Crippen molar-refractivity contribution >= 4 is 38.6 Å². The third kappa shape index (κ3) is 3.40. The topological polar surface area (TPSA) is 74.5 Å². The molecule has 1 aliphatic heterocycles. The van der Waals surface area contributed by atoms with Gasteiger partial charge in [-0.25, -0.2) is 4.79 Å². The van der Waals surface area contributed by atoms with Crippen LogP contribution in [-0.2, 0) is 17.9 Å². The number of benzene rings is 2. The molecule has 146 valence electrons. The smallest absolute Gasteiger partial charge is 0.329 e. The summed E-state index contributed by atoms with van der Waals surface area (Å²) in [6, 6.07) is 11.1. The summed E-state index contributed by atoms with van der Waals surface area (Å²) in [5.74, 6) is 1.07. The zero-order chi connectivity index (χ0) is 19.7. The second-order valence-corrected chi connectivity index (χ2v) is 7.30. The maximum Gasteiger partial charge on any atom is 0.329 e. The quantitative estimate of drug-likeness (QED) is 0.652. The molecule has 0 bridgehead atoms. The molecule has 7 nitrogen and oxygen atoms in total. The number of para-hydroxylation sites is 2. The van der Waals surface area contributed by atoms with Gasteiger partial charge in [-0.2, -0.15) is 0 Å². The molecule has 0 saturated heterocycles. The lowest BCUT2D eigenvalue weighted by Gasteiger charge is -2.20. The normalized spacial score (nSPS) is 12.9. The van der Waals surface area contributed by atoms with Gasteiger partial charge in [0.2, 0.25) is 5.91 Å². The van der Waals surface area contributed by atoms with Crippen LogP contribution in [-0.4, -0.2) is 28.3 Å². The Labute approximate surface area is 170 Å². The third-order valence-corrected chi connectivity index (χ3v) is 5.37. The first-order valence-electron chi connectivity index (χ1n) is 9.15. The number of hydrogen-bond donors (Lipinski definition) is 1. The van der Waals surface area contributed by atoms with Gasteiger partial charge in [0.05, 0.1) is 16.7 Å². The largest absolute Gasteiger partial charge is 0.486 e. The van der Waals surface area contributed by atoms with Crippen molar-refractivity contribution in [2.45, 2.75) is 26.4 Å². The number of nitrogens with one attached hydrogen (secondary N) is 1. The number of halogens is 1. The first-order valence-corrected chi connectivity index (χ1v) is 9.95. The van der Waals surface area contributed by atoms with Crippen LogP contribution in [0.25, 0.3) is 11.0 Å². The molecule has 0 atom stereocenters. The van der Waals surface area contributed by atoms with Crippen LogP contribution in [0.2, 0.25) is 0 Å². The van der Waals surface area contributed by atoms with E-state index in [0.29, 0.717) is 48.0 Å². The monoisotopic (exact) mass is 445 g/mol. The van der Waals surface area contributed by atoms with Crippen LogP contribution in [0.4, 0.5) is 5.69 Å². The van der Waals surface area contributed by atoms with E-state index in [1.165, 1.54) is 0 Å². The molecule has 0 saturated carbocycles. The molecule has 3 aromatic rings. The van der Waals surface area contributed by atoms with E-state index >= 15 is 0 Å². The SMILES string of the molecule is CCn1c(=O)n(CCC(=O)Nc2cc3c(cc2Br)OCCO3)c2ccccc21. The summed E-state index contributed by atoms with van der Waals surface area (Å²) in [4.78, 5) is 25.2. The van der Waals surface area contributed by atoms with Crippen molar-refractivity contribution in [1.82, 2.24) is 9.13 Å². The molecule has 28 heavy (non-hydrogen) atoms. The van der Waals surface area contributed by atoms with Crippen LogP contribution in [0.3, 0.4) is 0 Å². The number of rotatable bonds is 5. The molecule has 4 rings (SSSR count). The van der Waals surface area contributed by atoms with E-state index in [0.717, 1.165) is 11.0 Å². The second kappa shape index (κ2) is 7.71. The summed E-state index contributed by atoms with van der Waals surface area (Å²) in [6.45, 7) is 3.81. The molecule has 0 unspecified atom stereocenters. The number of hydrogen-bond acceptors (Lipinski definition) is 4. The standard InChI is InChI=1S/C20H20BrN3O4/c1-2-23-15-5-3-4-6-16(15)24(20(23)26)8-7-19(25)22-14-12-18-17(11-13(14)21)27-9-10-28-18/h3-6,11-12H,2,7-10H2,1H3,(H,22,25). The molecular formula is C20H20BrN3O4.